The highest BCUT2D eigenvalue weighted by Crippen LogP contribution is 2.31. The topological polar surface area (TPSA) is 59.9 Å². The van der Waals surface area contributed by atoms with Gasteiger partial charge in [-0.2, -0.15) is 0 Å². The van der Waals surface area contributed by atoms with Crippen LogP contribution in [-0.2, 0) is 4.79 Å². The average Bonchev–Trinajstić information content (AvgIpc) is 2.96. The Morgan fingerprint density at radius 1 is 1.08 bits per heavy atom. The maximum absolute atomic E-state index is 12.2. The van der Waals surface area contributed by atoms with E-state index in [9.17, 15) is 4.79 Å². The summed E-state index contributed by atoms with van der Waals surface area (Å²) in [5.74, 6) is 1.63. The number of nitrogens with one attached hydrogen (secondary N) is 1. The Morgan fingerprint density at radius 3 is 2.75 bits per heavy atom. The third-order valence-electron chi connectivity index (χ3n) is 3.66. The number of nitrogens with zero attached hydrogens (tertiary/aromatic N) is 1. The van der Waals surface area contributed by atoms with Crippen molar-refractivity contribution in [3.63, 3.8) is 0 Å². The summed E-state index contributed by atoms with van der Waals surface area (Å²) < 4.78 is 11.0. The summed E-state index contributed by atoms with van der Waals surface area (Å²) in [6, 6.07) is 12.7. The molecule has 0 aromatic heterocycles. The van der Waals surface area contributed by atoms with E-state index in [0.29, 0.717) is 41.3 Å². The molecule has 2 aliphatic heterocycles. The average molecular weight is 341 g/mol. The van der Waals surface area contributed by atoms with Crippen molar-refractivity contribution in [2.45, 2.75) is 0 Å². The van der Waals surface area contributed by atoms with Crippen LogP contribution in [0.5, 0.6) is 11.5 Å². The highest BCUT2D eigenvalue weighted by Gasteiger charge is 2.21. The van der Waals surface area contributed by atoms with E-state index in [0.717, 1.165) is 11.1 Å². The Morgan fingerprint density at radius 2 is 1.92 bits per heavy atom. The van der Waals surface area contributed by atoms with E-state index in [4.69, 9.17) is 21.1 Å². The normalized spacial score (nSPS) is 17.6. The molecule has 0 radical (unpaired) electrons. The van der Waals surface area contributed by atoms with Gasteiger partial charge in [-0.1, -0.05) is 29.8 Å². The number of halogens is 1. The van der Waals surface area contributed by atoms with Crippen molar-refractivity contribution < 1.29 is 14.3 Å². The molecule has 1 amide bonds. The van der Waals surface area contributed by atoms with Gasteiger partial charge in [0.25, 0.3) is 5.91 Å². The first-order chi connectivity index (χ1) is 11.7. The molecule has 0 fully saturated rings. The van der Waals surface area contributed by atoms with Gasteiger partial charge in [0, 0.05) is 10.6 Å². The van der Waals surface area contributed by atoms with Crippen LogP contribution in [0.15, 0.2) is 53.2 Å². The molecule has 4 rings (SSSR count). The fourth-order valence-electron chi connectivity index (χ4n) is 2.55. The van der Waals surface area contributed by atoms with Gasteiger partial charge in [0.2, 0.25) is 0 Å². The Kier molecular flexibility index (Phi) is 3.70. The number of benzene rings is 2. The van der Waals surface area contributed by atoms with Crippen LogP contribution >= 0.6 is 11.6 Å². The largest absolute Gasteiger partial charge is 0.486 e. The van der Waals surface area contributed by atoms with Gasteiger partial charge in [-0.15, -0.1) is 0 Å². The quantitative estimate of drug-likeness (QED) is 0.855. The van der Waals surface area contributed by atoms with Crippen molar-refractivity contribution in [2.24, 2.45) is 4.99 Å². The molecule has 5 nitrogen and oxygen atoms in total. The number of carbonyl (C=O) groups excluding carboxylic acids is 1. The third kappa shape index (κ3) is 2.86. The highest BCUT2D eigenvalue weighted by molar-refractivity contribution is 6.31. The van der Waals surface area contributed by atoms with Crippen LogP contribution in [0.2, 0.25) is 5.02 Å². The molecule has 6 heteroatoms. The van der Waals surface area contributed by atoms with Crippen LogP contribution < -0.4 is 14.8 Å². The lowest BCUT2D eigenvalue weighted by Crippen LogP contribution is -2.24. The second-order valence-electron chi connectivity index (χ2n) is 5.36. The summed E-state index contributed by atoms with van der Waals surface area (Å²) in [5.41, 5.74) is 1.92. The molecular formula is C18H13ClN2O3. The molecular weight excluding hydrogens is 328 g/mol. The van der Waals surface area contributed by atoms with Gasteiger partial charge in [-0.3, -0.25) is 4.79 Å². The lowest BCUT2D eigenvalue weighted by Gasteiger charge is -2.18. The molecule has 0 saturated heterocycles. The van der Waals surface area contributed by atoms with Crippen molar-refractivity contribution in [1.29, 1.82) is 0 Å². The molecule has 0 spiro atoms. The van der Waals surface area contributed by atoms with E-state index in [1.54, 1.807) is 18.2 Å². The Labute approximate surface area is 143 Å². The zero-order chi connectivity index (χ0) is 16.5. The monoisotopic (exact) mass is 340 g/mol. The number of hydrogen-bond acceptors (Lipinski definition) is 4. The summed E-state index contributed by atoms with van der Waals surface area (Å²) in [6.45, 7) is 1.06. The van der Waals surface area contributed by atoms with Crippen LogP contribution in [0, 0.1) is 0 Å². The maximum atomic E-state index is 12.2. The van der Waals surface area contributed by atoms with Crippen molar-refractivity contribution in [1.82, 2.24) is 5.32 Å². The fourth-order valence-corrected chi connectivity index (χ4v) is 2.74. The third-order valence-corrected chi connectivity index (χ3v) is 3.90. The summed E-state index contributed by atoms with van der Waals surface area (Å²) in [6.07, 6.45) is 1.71. The number of amides is 1. The molecule has 0 aliphatic carbocycles. The van der Waals surface area contributed by atoms with E-state index >= 15 is 0 Å². The van der Waals surface area contributed by atoms with Gasteiger partial charge < -0.3 is 14.8 Å². The number of rotatable bonds is 2. The smallest absolute Gasteiger partial charge is 0.275 e. The van der Waals surface area contributed by atoms with Crippen molar-refractivity contribution in [3.8, 4) is 11.5 Å². The molecule has 0 unspecified atom stereocenters. The molecule has 0 atom stereocenters. The lowest BCUT2D eigenvalue weighted by molar-refractivity contribution is -0.115. The van der Waals surface area contributed by atoms with Gasteiger partial charge in [0.05, 0.1) is 0 Å². The predicted molar refractivity (Wildman–Crippen MR) is 91.5 cm³/mol. The lowest BCUT2D eigenvalue weighted by atomic mass is 10.1. The van der Waals surface area contributed by atoms with E-state index in [-0.39, 0.29) is 5.91 Å². The standard InChI is InChI=1S/C18H13ClN2O3/c19-13-3-1-2-12(10-13)17-20-14(18(22)21-17)8-11-4-5-15-16(9-11)24-7-6-23-15/h1-5,8-10H,6-7H2,(H,20,21,22)/b14-8+. The van der Waals surface area contributed by atoms with E-state index in [1.807, 2.05) is 30.3 Å². The SMILES string of the molecule is O=C1NC(c2cccc(Cl)c2)=N/C1=C/c1ccc2c(c1)OCCO2. The minimum Gasteiger partial charge on any atom is -0.486 e. The molecule has 2 aromatic rings. The van der Waals surface area contributed by atoms with Crippen molar-refractivity contribution in [3.05, 3.63) is 64.3 Å². The van der Waals surface area contributed by atoms with Crippen LogP contribution in [-0.4, -0.2) is 25.0 Å². The fraction of sp³-hybridized carbons (Fsp3) is 0.111. The second-order valence-corrected chi connectivity index (χ2v) is 5.79. The van der Waals surface area contributed by atoms with Crippen LogP contribution in [0.25, 0.3) is 6.08 Å². The van der Waals surface area contributed by atoms with Gasteiger partial charge >= 0.3 is 0 Å². The molecule has 0 saturated carbocycles. The zero-order valence-corrected chi connectivity index (χ0v) is 13.3. The second kappa shape index (κ2) is 6.02. The molecule has 24 heavy (non-hydrogen) atoms. The first-order valence-corrected chi connectivity index (χ1v) is 7.84. The molecule has 2 heterocycles. The number of hydrogen-bond donors (Lipinski definition) is 1. The van der Waals surface area contributed by atoms with E-state index in [2.05, 4.69) is 10.3 Å². The minimum absolute atomic E-state index is 0.250. The van der Waals surface area contributed by atoms with E-state index < -0.39 is 0 Å². The first-order valence-electron chi connectivity index (χ1n) is 7.46. The maximum Gasteiger partial charge on any atom is 0.275 e. The summed E-state index contributed by atoms with van der Waals surface area (Å²) in [4.78, 5) is 16.5. The molecule has 2 aromatic carbocycles. The molecule has 1 N–H and O–H groups in total. The number of amidine groups is 1. The van der Waals surface area contributed by atoms with Crippen LogP contribution in [0.3, 0.4) is 0 Å². The van der Waals surface area contributed by atoms with Crippen LogP contribution in [0.1, 0.15) is 11.1 Å². The van der Waals surface area contributed by atoms with Gasteiger partial charge in [-0.25, -0.2) is 4.99 Å². The molecule has 120 valence electrons. The van der Waals surface area contributed by atoms with Gasteiger partial charge in [-0.05, 0) is 35.9 Å². The number of ether oxygens (including phenoxy) is 2. The van der Waals surface area contributed by atoms with Crippen LogP contribution in [0.4, 0.5) is 0 Å². The minimum atomic E-state index is -0.250. The summed E-state index contributed by atoms with van der Waals surface area (Å²) in [5, 5.41) is 3.35. The highest BCUT2D eigenvalue weighted by atomic mass is 35.5. The zero-order valence-electron chi connectivity index (χ0n) is 12.6. The van der Waals surface area contributed by atoms with Crippen molar-refractivity contribution in [2.75, 3.05) is 13.2 Å². The Hall–Kier alpha value is -2.79. The summed E-state index contributed by atoms with van der Waals surface area (Å²) >= 11 is 5.99. The predicted octanol–water partition coefficient (Wildman–Crippen LogP) is 3.03. The first kappa shape index (κ1) is 14.8. The van der Waals surface area contributed by atoms with E-state index in [1.165, 1.54) is 0 Å². The van der Waals surface area contributed by atoms with Gasteiger partial charge in [0.15, 0.2) is 11.5 Å². The summed E-state index contributed by atoms with van der Waals surface area (Å²) in [7, 11) is 0. The number of fused-ring (bicyclic) bond motifs is 1. The van der Waals surface area contributed by atoms with Gasteiger partial charge in [0.1, 0.15) is 24.7 Å². The Balaban J connectivity index is 1.66. The number of carbonyl (C=O) groups is 1. The molecule has 0 bridgehead atoms. The Bertz CT molecular complexity index is 890. The van der Waals surface area contributed by atoms with Crippen molar-refractivity contribution >= 4 is 29.4 Å². The molecule has 2 aliphatic rings. The number of aliphatic imine (C=N–C) groups is 1.